The first-order chi connectivity index (χ1) is 9.16. The Labute approximate surface area is 122 Å². The maximum absolute atomic E-state index is 6.03. The van der Waals surface area contributed by atoms with Gasteiger partial charge in [-0.3, -0.25) is 0 Å². The van der Waals surface area contributed by atoms with Crippen molar-refractivity contribution < 1.29 is 4.74 Å². The molecular weight excluding hydrogens is 302 g/mol. The Morgan fingerprint density at radius 3 is 2.26 bits per heavy atom. The van der Waals surface area contributed by atoms with Crippen LogP contribution < -0.4 is 5.73 Å². The molecule has 0 fully saturated rings. The molecule has 0 radical (unpaired) electrons. The molecule has 0 aliphatic heterocycles. The van der Waals surface area contributed by atoms with E-state index in [1.165, 1.54) is 0 Å². The van der Waals surface area contributed by atoms with Crippen LogP contribution in [0.1, 0.15) is 24.2 Å². The minimum atomic E-state index is -0.0895. The SMILES string of the molecule is CC(N)C(OCc1ccccc1)c1ccc(Br)cc1. The van der Waals surface area contributed by atoms with Gasteiger partial charge in [0.05, 0.1) is 12.7 Å². The van der Waals surface area contributed by atoms with E-state index in [1.807, 2.05) is 49.4 Å². The van der Waals surface area contributed by atoms with Gasteiger partial charge >= 0.3 is 0 Å². The molecule has 0 aliphatic rings. The van der Waals surface area contributed by atoms with Gasteiger partial charge in [0.25, 0.3) is 0 Å². The zero-order chi connectivity index (χ0) is 13.7. The number of halogens is 1. The maximum atomic E-state index is 6.03. The van der Waals surface area contributed by atoms with Gasteiger partial charge in [-0.05, 0) is 30.2 Å². The van der Waals surface area contributed by atoms with Crippen molar-refractivity contribution in [2.45, 2.75) is 25.7 Å². The number of hydrogen-bond acceptors (Lipinski definition) is 2. The Bertz CT molecular complexity index is 496. The largest absolute Gasteiger partial charge is 0.367 e. The van der Waals surface area contributed by atoms with Gasteiger partial charge in [0.1, 0.15) is 0 Å². The predicted molar refractivity (Wildman–Crippen MR) is 81.8 cm³/mol. The van der Waals surface area contributed by atoms with Crippen LogP contribution in [0, 0.1) is 0 Å². The lowest BCUT2D eigenvalue weighted by molar-refractivity contribution is 0.0259. The van der Waals surface area contributed by atoms with Gasteiger partial charge in [0.2, 0.25) is 0 Å². The van der Waals surface area contributed by atoms with Crippen LogP contribution >= 0.6 is 15.9 Å². The van der Waals surface area contributed by atoms with Crippen LogP contribution in [-0.4, -0.2) is 6.04 Å². The fraction of sp³-hybridized carbons (Fsp3) is 0.250. The monoisotopic (exact) mass is 319 g/mol. The third kappa shape index (κ3) is 4.16. The van der Waals surface area contributed by atoms with E-state index in [-0.39, 0.29) is 12.1 Å². The maximum Gasteiger partial charge on any atom is 0.0977 e. The van der Waals surface area contributed by atoms with Crippen LogP contribution in [0.4, 0.5) is 0 Å². The summed E-state index contributed by atoms with van der Waals surface area (Å²) in [5.74, 6) is 0. The highest BCUT2D eigenvalue weighted by atomic mass is 79.9. The average molecular weight is 320 g/mol. The minimum Gasteiger partial charge on any atom is -0.367 e. The van der Waals surface area contributed by atoms with E-state index in [1.54, 1.807) is 0 Å². The van der Waals surface area contributed by atoms with Gasteiger partial charge in [-0.25, -0.2) is 0 Å². The molecule has 0 saturated carbocycles. The third-order valence-corrected chi connectivity index (χ3v) is 3.48. The molecule has 0 saturated heterocycles. The molecule has 19 heavy (non-hydrogen) atoms. The summed E-state index contributed by atoms with van der Waals surface area (Å²) in [5, 5.41) is 0. The molecule has 2 atom stereocenters. The Hall–Kier alpha value is -1.16. The first-order valence-corrected chi connectivity index (χ1v) is 7.12. The Morgan fingerprint density at radius 2 is 1.68 bits per heavy atom. The lowest BCUT2D eigenvalue weighted by Crippen LogP contribution is -2.26. The van der Waals surface area contributed by atoms with Crippen molar-refractivity contribution in [2.24, 2.45) is 5.73 Å². The van der Waals surface area contributed by atoms with Crippen LogP contribution in [0.15, 0.2) is 59.1 Å². The second-order valence-corrected chi connectivity index (χ2v) is 5.54. The molecule has 0 amide bonds. The van der Waals surface area contributed by atoms with E-state index in [0.29, 0.717) is 6.61 Å². The summed E-state index contributed by atoms with van der Waals surface area (Å²) in [6.45, 7) is 2.54. The quantitative estimate of drug-likeness (QED) is 0.902. The van der Waals surface area contributed by atoms with Crippen molar-refractivity contribution >= 4 is 15.9 Å². The Morgan fingerprint density at radius 1 is 1.05 bits per heavy atom. The predicted octanol–water partition coefficient (Wildman–Crippen LogP) is 4.05. The lowest BCUT2D eigenvalue weighted by Gasteiger charge is -2.22. The van der Waals surface area contributed by atoms with E-state index in [4.69, 9.17) is 10.5 Å². The van der Waals surface area contributed by atoms with Crippen molar-refractivity contribution in [1.29, 1.82) is 0 Å². The number of nitrogens with two attached hydrogens (primary N) is 1. The summed E-state index contributed by atoms with van der Waals surface area (Å²) in [6.07, 6.45) is -0.0895. The van der Waals surface area contributed by atoms with Gasteiger partial charge in [-0.2, -0.15) is 0 Å². The molecule has 2 N–H and O–H groups in total. The van der Waals surface area contributed by atoms with Crippen molar-refractivity contribution in [2.75, 3.05) is 0 Å². The van der Waals surface area contributed by atoms with Gasteiger partial charge < -0.3 is 10.5 Å². The smallest absolute Gasteiger partial charge is 0.0977 e. The lowest BCUT2D eigenvalue weighted by atomic mass is 10.0. The standard InChI is InChI=1S/C16H18BrNO/c1-12(18)16(14-7-9-15(17)10-8-14)19-11-13-5-3-2-4-6-13/h2-10,12,16H,11,18H2,1H3. The van der Waals surface area contributed by atoms with Crippen molar-refractivity contribution in [3.8, 4) is 0 Å². The zero-order valence-corrected chi connectivity index (χ0v) is 12.5. The second-order valence-electron chi connectivity index (χ2n) is 4.63. The zero-order valence-electron chi connectivity index (χ0n) is 10.9. The molecule has 2 nitrogen and oxygen atoms in total. The van der Waals surface area contributed by atoms with E-state index < -0.39 is 0 Å². The highest BCUT2D eigenvalue weighted by Crippen LogP contribution is 2.23. The van der Waals surface area contributed by atoms with Gasteiger partial charge in [0, 0.05) is 10.5 Å². The molecule has 100 valence electrons. The van der Waals surface area contributed by atoms with Gasteiger partial charge in [-0.15, -0.1) is 0 Å². The molecule has 2 rings (SSSR count). The molecule has 0 spiro atoms. The molecule has 0 aliphatic carbocycles. The second kappa shape index (κ2) is 6.85. The highest BCUT2D eigenvalue weighted by molar-refractivity contribution is 9.10. The molecule has 2 unspecified atom stereocenters. The molecule has 2 aromatic rings. The molecule has 2 aromatic carbocycles. The molecular formula is C16H18BrNO. The van der Waals surface area contributed by atoms with Crippen molar-refractivity contribution in [3.05, 3.63) is 70.2 Å². The summed E-state index contributed by atoms with van der Waals surface area (Å²) in [6, 6.07) is 18.2. The fourth-order valence-corrected chi connectivity index (χ4v) is 2.23. The van der Waals surface area contributed by atoms with Crippen LogP contribution in [0.25, 0.3) is 0 Å². The summed E-state index contributed by atoms with van der Waals surface area (Å²) in [7, 11) is 0. The van der Waals surface area contributed by atoms with Crippen LogP contribution in [0.5, 0.6) is 0 Å². The molecule has 0 heterocycles. The Balaban J connectivity index is 2.06. The van der Waals surface area contributed by atoms with Gasteiger partial charge in [0.15, 0.2) is 0 Å². The van der Waals surface area contributed by atoms with E-state index in [0.717, 1.165) is 15.6 Å². The van der Waals surface area contributed by atoms with Crippen molar-refractivity contribution in [3.63, 3.8) is 0 Å². The Kier molecular flexibility index (Phi) is 5.14. The summed E-state index contributed by atoms with van der Waals surface area (Å²) in [5.41, 5.74) is 8.30. The molecule has 0 aromatic heterocycles. The minimum absolute atomic E-state index is 0.0510. The van der Waals surface area contributed by atoms with E-state index in [2.05, 4.69) is 28.1 Å². The fourth-order valence-electron chi connectivity index (χ4n) is 1.96. The first kappa shape index (κ1) is 14.3. The molecule has 0 bridgehead atoms. The normalized spacial score (nSPS) is 14.1. The number of benzene rings is 2. The van der Waals surface area contributed by atoms with Crippen LogP contribution in [-0.2, 0) is 11.3 Å². The van der Waals surface area contributed by atoms with Crippen LogP contribution in [0.3, 0.4) is 0 Å². The van der Waals surface area contributed by atoms with E-state index >= 15 is 0 Å². The number of ether oxygens (including phenoxy) is 1. The van der Waals surface area contributed by atoms with Crippen molar-refractivity contribution in [1.82, 2.24) is 0 Å². The topological polar surface area (TPSA) is 35.2 Å². The number of rotatable bonds is 5. The van der Waals surface area contributed by atoms with E-state index in [9.17, 15) is 0 Å². The first-order valence-electron chi connectivity index (χ1n) is 6.33. The highest BCUT2D eigenvalue weighted by Gasteiger charge is 2.16. The summed E-state index contributed by atoms with van der Waals surface area (Å²) >= 11 is 3.44. The average Bonchev–Trinajstić information content (AvgIpc) is 2.42. The summed E-state index contributed by atoms with van der Waals surface area (Å²) in [4.78, 5) is 0. The third-order valence-electron chi connectivity index (χ3n) is 2.95. The summed E-state index contributed by atoms with van der Waals surface area (Å²) < 4.78 is 7.03. The van der Waals surface area contributed by atoms with Crippen LogP contribution in [0.2, 0.25) is 0 Å². The number of hydrogen-bond donors (Lipinski definition) is 1. The van der Waals surface area contributed by atoms with Gasteiger partial charge in [-0.1, -0.05) is 58.4 Å². The molecule has 3 heteroatoms.